The fourth-order valence-electron chi connectivity index (χ4n) is 2.09. The summed E-state index contributed by atoms with van der Waals surface area (Å²) in [4.78, 5) is 13.8. The van der Waals surface area contributed by atoms with E-state index in [-0.39, 0.29) is 11.9 Å². The van der Waals surface area contributed by atoms with Crippen molar-refractivity contribution >= 4 is 5.91 Å². The summed E-state index contributed by atoms with van der Waals surface area (Å²) in [5.41, 5.74) is 5.45. The fraction of sp³-hybridized carbons (Fsp3) is 0.923. The lowest BCUT2D eigenvalue weighted by atomic mass is 10.1. The Morgan fingerprint density at radius 2 is 2.06 bits per heavy atom. The van der Waals surface area contributed by atoms with Crippen molar-refractivity contribution in [1.82, 2.24) is 10.2 Å². The molecule has 1 amide bonds. The number of carbonyl (C=O) groups is 1. The highest BCUT2D eigenvalue weighted by Gasteiger charge is 2.31. The van der Waals surface area contributed by atoms with Crippen LogP contribution in [0.25, 0.3) is 0 Å². The maximum absolute atomic E-state index is 11.4. The zero-order valence-electron chi connectivity index (χ0n) is 11.4. The molecule has 0 heterocycles. The van der Waals surface area contributed by atoms with Crippen LogP contribution >= 0.6 is 0 Å². The van der Waals surface area contributed by atoms with Gasteiger partial charge in [-0.25, -0.2) is 0 Å². The van der Waals surface area contributed by atoms with E-state index in [9.17, 15) is 4.79 Å². The Hall–Kier alpha value is -0.610. The van der Waals surface area contributed by atoms with Crippen molar-refractivity contribution in [3.8, 4) is 0 Å². The maximum atomic E-state index is 11.4. The van der Waals surface area contributed by atoms with Gasteiger partial charge in [0.2, 0.25) is 5.91 Å². The molecule has 0 aromatic carbocycles. The number of carbonyl (C=O) groups excluding carboxylic acids is 1. The van der Waals surface area contributed by atoms with Crippen LogP contribution in [0.1, 0.15) is 40.0 Å². The molecule has 3 N–H and O–H groups in total. The number of hydrogen-bond acceptors (Lipinski definition) is 3. The standard InChI is InChI=1S/C13H27N3O/c1-4-7-15-12(13(14)17)9-16(8-10(2)3)11-5-6-11/h10-12,15H,4-9H2,1-3H3,(H2,14,17). The molecule has 4 heteroatoms. The van der Waals surface area contributed by atoms with E-state index < -0.39 is 0 Å². The number of hydrogen-bond donors (Lipinski definition) is 2. The minimum absolute atomic E-state index is 0.200. The fourth-order valence-corrected chi connectivity index (χ4v) is 2.09. The Morgan fingerprint density at radius 1 is 1.41 bits per heavy atom. The molecule has 1 aliphatic carbocycles. The molecule has 1 saturated carbocycles. The summed E-state index contributed by atoms with van der Waals surface area (Å²) < 4.78 is 0. The van der Waals surface area contributed by atoms with Crippen molar-refractivity contribution < 1.29 is 4.79 Å². The van der Waals surface area contributed by atoms with Gasteiger partial charge in [-0.3, -0.25) is 9.69 Å². The summed E-state index contributed by atoms with van der Waals surface area (Å²) in [6, 6.07) is 0.483. The maximum Gasteiger partial charge on any atom is 0.235 e. The van der Waals surface area contributed by atoms with Gasteiger partial charge in [0.05, 0.1) is 6.04 Å². The van der Waals surface area contributed by atoms with E-state index in [1.165, 1.54) is 12.8 Å². The molecule has 1 unspecified atom stereocenters. The molecule has 1 fully saturated rings. The SMILES string of the molecule is CCCNC(CN(CC(C)C)C1CC1)C(N)=O. The van der Waals surface area contributed by atoms with Gasteiger partial charge < -0.3 is 11.1 Å². The monoisotopic (exact) mass is 241 g/mol. The molecule has 1 rings (SSSR count). The van der Waals surface area contributed by atoms with Crippen molar-refractivity contribution in [2.45, 2.75) is 52.1 Å². The van der Waals surface area contributed by atoms with Gasteiger partial charge in [0.15, 0.2) is 0 Å². The lowest BCUT2D eigenvalue weighted by molar-refractivity contribution is -0.120. The van der Waals surface area contributed by atoms with Crippen LogP contribution < -0.4 is 11.1 Å². The van der Waals surface area contributed by atoms with Gasteiger partial charge in [-0.2, -0.15) is 0 Å². The highest BCUT2D eigenvalue weighted by Crippen LogP contribution is 2.27. The molecule has 0 aromatic rings. The zero-order chi connectivity index (χ0) is 12.8. The van der Waals surface area contributed by atoms with Crippen LogP contribution in [-0.4, -0.2) is 42.5 Å². The average molecular weight is 241 g/mol. The van der Waals surface area contributed by atoms with Crippen LogP contribution in [0.3, 0.4) is 0 Å². The minimum Gasteiger partial charge on any atom is -0.368 e. The summed E-state index contributed by atoms with van der Waals surface area (Å²) in [7, 11) is 0. The summed E-state index contributed by atoms with van der Waals surface area (Å²) in [6.07, 6.45) is 3.56. The molecule has 0 aromatic heterocycles. The molecule has 1 atom stereocenters. The summed E-state index contributed by atoms with van der Waals surface area (Å²) in [6.45, 7) is 9.20. The van der Waals surface area contributed by atoms with E-state index >= 15 is 0 Å². The van der Waals surface area contributed by atoms with Crippen molar-refractivity contribution in [3.63, 3.8) is 0 Å². The second kappa shape index (κ2) is 6.97. The molecule has 100 valence electrons. The number of primary amides is 1. The third-order valence-corrected chi connectivity index (χ3v) is 3.06. The molecule has 0 saturated heterocycles. The summed E-state index contributed by atoms with van der Waals surface area (Å²) in [5.74, 6) is 0.406. The Labute approximate surface area is 105 Å². The second-order valence-electron chi connectivity index (χ2n) is 5.49. The molecule has 0 aliphatic heterocycles. The van der Waals surface area contributed by atoms with Crippen molar-refractivity contribution in [2.24, 2.45) is 11.7 Å². The van der Waals surface area contributed by atoms with Crippen LogP contribution in [0.4, 0.5) is 0 Å². The van der Waals surface area contributed by atoms with Crippen LogP contribution in [0.15, 0.2) is 0 Å². The second-order valence-corrected chi connectivity index (χ2v) is 5.49. The lowest BCUT2D eigenvalue weighted by Crippen LogP contribution is -2.50. The third kappa shape index (κ3) is 5.50. The normalized spacial score (nSPS) is 17.7. The predicted octanol–water partition coefficient (Wildman–Crippen LogP) is 0.960. The highest BCUT2D eigenvalue weighted by molar-refractivity contribution is 5.80. The Morgan fingerprint density at radius 3 is 2.47 bits per heavy atom. The lowest BCUT2D eigenvalue weighted by Gasteiger charge is -2.28. The number of rotatable bonds is 9. The third-order valence-electron chi connectivity index (χ3n) is 3.06. The smallest absolute Gasteiger partial charge is 0.235 e. The molecule has 0 radical (unpaired) electrons. The Kier molecular flexibility index (Phi) is 5.92. The van der Waals surface area contributed by atoms with Crippen LogP contribution in [0, 0.1) is 5.92 Å². The van der Waals surface area contributed by atoms with Gasteiger partial charge in [-0.15, -0.1) is 0 Å². The first-order valence-corrected chi connectivity index (χ1v) is 6.81. The van der Waals surface area contributed by atoms with Gasteiger partial charge in [-0.1, -0.05) is 20.8 Å². The molecular weight excluding hydrogens is 214 g/mol. The molecule has 4 nitrogen and oxygen atoms in total. The number of nitrogens with two attached hydrogens (primary N) is 1. The summed E-state index contributed by atoms with van der Waals surface area (Å²) in [5, 5.41) is 3.24. The van der Waals surface area contributed by atoms with Gasteiger partial charge >= 0.3 is 0 Å². The Bertz CT molecular complexity index is 239. The zero-order valence-corrected chi connectivity index (χ0v) is 11.4. The quantitative estimate of drug-likeness (QED) is 0.632. The molecule has 0 bridgehead atoms. The largest absolute Gasteiger partial charge is 0.368 e. The Balaban J connectivity index is 2.46. The van der Waals surface area contributed by atoms with Crippen molar-refractivity contribution in [3.05, 3.63) is 0 Å². The van der Waals surface area contributed by atoms with Crippen LogP contribution in [-0.2, 0) is 4.79 Å². The molecular formula is C13H27N3O. The van der Waals surface area contributed by atoms with Gasteiger partial charge in [0, 0.05) is 19.1 Å². The first-order chi connectivity index (χ1) is 8.04. The van der Waals surface area contributed by atoms with E-state index in [1.54, 1.807) is 0 Å². The number of nitrogens with zero attached hydrogens (tertiary/aromatic N) is 1. The molecule has 17 heavy (non-hydrogen) atoms. The van der Waals surface area contributed by atoms with Crippen molar-refractivity contribution in [1.29, 1.82) is 0 Å². The summed E-state index contributed by atoms with van der Waals surface area (Å²) >= 11 is 0. The van der Waals surface area contributed by atoms with Crippen LogP contribution in [0.5, 0.6) is 0 Å². The van der Waals surface area contributed by atoms with Gasteiger partial charge in [-0.05, 0) is 31.7 Å². The van der Waals surface area contributed by atoms with E-state index in [2.05, 4.69) is 31.0 Å². The van der Waals surface area contributed by atoms with Gasteiger partial charge in [0.1, 0.15) is 0 Å². The number of amides is 1. The first kappa shape index (κ1) is 14.5. The van der Waals surface area contributed by atoms with E-state index in [1.807, 2.05) is 0 Å². The van der Waals surface area contributed by atoms with Gasteiger partial charge in [0.25, 0.3) is 0 Å². The average Bonchev–Trinajstić information content (AvgIpc) is 3.05. The first-order valence-electron chi connectivity index (χ1n) is 6.81. The minimum atomic E-state index is -0.229. The van der Waals surface area contributed by atoms with E-state index in [0.717, 1.165) is 26.1 Å². The molecule has 1 aliphatic rings. The van der Waals surface area contributed by atoms with E-state index in [4.69, 9.17) is 5.73 Å². The van der Waals surface area contributed by atoms with Crippen LogP contribution in [0.2, 0.25) is 0 Å². The number of nitrogens with one attached hydrogen (secondary N) is 1. The van der Waals surface area contributed by atoms with E-state index in [0.29, 0.717) is 12.0 Å². The predicted molar refractivity (Wildman–Crippen MR) is 70.7 cm³/mol. The highest BCUT2D eigenvalue weighted by atomic mass is 16.1. The molecule has 0 spiro atoms. The van der Waals surface area contributed by atoms with Crippen molar-refractivity contribution in [2.75, 3.05) is 19.6 Å². The topological polar surface area (TPSA) is 58.4 Å².